The highest BCUT2D eigenvalue weighted by molar-refractivity contribution is 5.87. The molecule has 3 aromatic heterocycles. The second kappa shape index (κ2) is 9.50. The van der Waals surface area contributed by atoms with Crippen molar-refractivity contribution in [2.75, 3.05) is 6.61 Å². The molecule has 1 fully saturated rings. The Morgan fingerprint density at radius 2 is 1.91 bits per heavy atom. The maximum Gasteiger partial charge on any atom is 0.338 e. The Morgan fingerprint density at radius 1 is 1.12 bits per heavy atom. The minimum atomic E-state index is -1.11. The zero-order chi connectivity index (χ0) is 23.5. The lowest BCUT2D eigenvalue weighted by atomic mass is 9.84. The van der Waals surface area contributed by atoms with Crippen LogP contribution in [0.2, 0.25) is 0 Å². The number of rotatable bonds is 8. The van der Waals surface area contributed by atoms with E-state index in [-0.39, 0.29) is 17.1 Å². The molecule has 0 aliphatic heterocycles. The number of aromatic amines is 1. The van der Waals surface area contributed by atoms with Crippen molar-refractivity contribution in [3.05, 3.63) is 64.3 Å². The minimum Gasteiger partial charge on any atom is -0.494 e. The van der Waals surface area contributed by atoms with Gasteiger partial charge in [-0.25, -0.2) is 14.5 Å². The molecule has 5 rings (SSSR count). The van der Waals surface area contributed by atoms with Crippen LogP contribution in [0.3, 0.4) is 0 Å². The topological polar surface area (TPSA) is 128 Å². The molecule has 0 atom stereocenters. The predicted octanol–water partition coefficient (Wildman–Crippen LogP) is 3.52. The van der Waals surface area contributed by atoms with Gasteiger partial charge in [0.15, 0.2) is 5.52 Å². The third-order valence-corrected chi connectivity index (χ3v) is 6.27. The van der Waals surface area contributed by atoms with Gasteiger partial charge in [0, 0.05) is 19.2 Å². The average Bonchev–Trinajstić information content (AvgIpc) is 3.51. The Hall–Kier alpha value is -3.95. The lowest BCUT2D eigenvalue weighted by Gasteiger charge is -2.22. The number of carboxylic acids is 1. The molecule has 10 heteroatoms. The maximum atomic E-state index is 12.7. The molecule has 10 nitrogen and oxygen atoms in total. The summed E-state index contributed by atoms with van der Waals surface area (Å²) in [7, 11) is 0. The van der Waals surface area contributed by atoms with Gasteiger partial charge in [-0.15, -0.1) is 0 Å². The standard InChI is InChI=1S/C24H26N6O4/c31-22-21-20(27-24(28-22)30-15-18(13-25-30)23(32)33)14-26-29(21)11-4-12-34-19-9-7-17(8-10-19)16-5-2-1-3-6-16/h7-10,13-16H,1-6,11-12H2,(H,32,33)(H,27,28,31). The molecule has 0 radical (unpaired) electrons. The number of carbonyl (C=O) groups is 1. The summed E-state index contributed by atoms with van der Waals surface area (Å²) in [5.41, 5.74) is 1.79. The number of hydrogen-bond acceptors (Lipinski definition) is 6. The summed E-state index contributed by atoms with van der Waals surface area (Å²) in [4.78, 5) is 30.7. The molecule has 176 valence electrons. The molecule has 1 aliphatic rings. The summed E-state index contributed by atoms with van der Waals surface area (Å²) < 4.78 is 8.71. The third-order valence-electron chi connectivity index (χ3n) is 6.27. The highest BCUT2D eigenvalue weighted by atomic mass is 16.5. The molecule has 0 spiro atoms. The fourth-order valence-corrected chi connectivity index (χ4v) is 4.50. The number of carboxylic acid groups (broad SMARTS) is 1. The van der Waals surface area contributed by atoms with Crippen molar-refractivity contribution < 1.29 is 14.6 Å². The number of nitrogens with zero attached hydrogens (tertiary/aromatic N) is 5. The van der Waals surface area contributed by atoms with Crippen LogP contribution in [0, 0.1) is 0 Å². The monoisotopic (exact) mass is 462 g/mol. The van der Waals surface area contributed by atoms with E-state index in [1.807, 2.05) is 12.1 Å². The van der Waals surface area contributed by atoms with Crippen molar-refractivity contribution in [2.45, 2.75) is 51.0 Å². The number of aryl methyl sites for hydroxylation is 1. The van der Waals surface area contributed by atoms with Crippen LogP contribution in [0.4, 0.5) is 0 Å². The second-order valence-corrected chi connectivity index (χ2v) is 8.58. The van der Waals surface area contributed by atoms with E-state index in [0.29, 0.717) is 36.5 Å². The first-order valence-electron chi connectivity index (χ1n) is 11.6. The minimum absolute atomic E-state index is 0.00191. The fourth-order valence-electron chi connectivity index (χ4n) is 4.50. The van der Waals surface area contributed by atoms with Crippen molar-refractivity contribution in [1.29, 1.82) is 0 Å². The lowest BCUT2D eigenvalue weighted by Crippen LogP contribution is -2.17. The first kappa shape index (κ1) is 21.9. The summed E-state index contributed by atoms with van der Waals surface area (Å²) in [5.74, 6) is 0.541. The molecule has 0 saturated heterocycles. The molecule has 3 heterocycles. The molecule has 34 heavy (non-hydrogen) atoms. The Balaban J connectivity index is 1.20. The van der Waals surface area contributed by atoms with E-state index < -0.39 is 5.97 Å². The molecule has 0 bridgehead atoms. The van der Waals surface area contributed by atoms with E-state index in [1.165, 1.54) is 60.9 Å². The van der Waals surface area contributed by atoms with E-state index >= 15 is 0 Å². The van der Waals surface area contributed by atoms with Gasteiger partial charge in [0.25, 0.3) is 5.56 Å². The molecule has 1 aliphatic carbocycles. The number of fused-ring (bicyclic) bond motifs is 1. The van der Waals surface area contributed by atoms with E-state index in [4.69, 9.17) is 9.84 Å². The van der Waals surface area contributed by atoms with Crippen LogP contribution >= 0.6 is 0 Å². The smallest absolute Gasteiger partial charge is 0.338 e. The molecule has 0 unspecified atom stereocenters. The summed E-state index contributed by atoms with van der Waals surface area (Å²) in [5, 5.41) is 17.3. The van der Waals surface area contributed by atoms with Crippen molar-refractivity contribution in [3.8, 4) is 11.7 Å². The van der Waals surface area contributed by atoms with Gasteiger partial charge in [-0.3, -0.25) is 14.5 Å². The van der Waals surface area contributed by atoms with Crippen LogP contribution in [0.25, 0.3) is 17.0 Å². The van der Waals surface area contributed by atoms with Gasteiger partial charge in [-0.2, -0.15) is 10.2 Å². The molecule has 2 N–H and O–H groups in total. The highest BCUT2D eigenvalue weighted by Crippen LogP contribution is 2.33. The normalized spacial score (nSPS) is 14.5. The fraction of sp³-hybridized carbons (Fsp3) is 0.375. The number of H-pyrrole nitrogens is 1. The molecular weight excluding hydrogens is 436 g/mol. The van der Waals surface area contributed by atoms with Crippen LogP contribution in [0.1, 0.15) is 60.4 Å². The largest absolute Gasteiger partial charge is 0.494 e. The van der Waals surface area contributed by atoms with Gasteiger partial charge < -0.3 is 9.84 Å². The van der Waals surface area contributed by atoms with E-state index in [2.05, 4.69) is 32.3 Å². The Kier molecular flexibility index (Phi) is 6.11. The Labute approximate surface area is 195 Å². The van der Waals surface area contributed by atoms with Crippen LogP contribution in [-0.4, -0.2) is 47.2 Å². The number of benzene rings is 1. The maximum absolute atomic E-state index is 12.7. The zero-order valence-electron chi connectivity index (χ0n) is 18.7. The van der Waals surface area contributed by atoms with Crippen LogP contribution in [0.15, 0.2) is 47.7 Å². The number of nitrogens with one attached hydrogen (secondary N) is 1. The number of aromatic carboxylic acids is 1. The molecule has 1 saturated carbocycles. The van der Waals surface area contributed by atoms with E-state index in [9.17, 15) is 9.59 Å². The second-order valence-electron chi connectivity index (χ2n) is 8.58. The van der Waals surface area contributed by atoms with Crippen LogP contribution in [-0.2, 0) is 6.54 Å². The highest BCUT2D eigenvalue weighted by Gasteiger charge is 2.16. The third kappa shape index (κ3) is 4.57. The van der Waals surface area contributed by atoms with Crippen molar-refractivity contribution >= 4 is 17.0 Å². The number of ether oxygens (including phenoxy) is 1. The van der Waals surface area contributed by atoms with Crippen molar-refractivity contribution in [3.63, 3.8) is 0 Å². The van der Waals surface area contributed by atoms with Gasteiger partial charge in [0.1, 0.15) is 11.3 Å². The van der Waals surface area contributed by atoms with Gasteiger partial charge in [-0.05, 0) is 36.5 Å². The number of aromatic nitrogens is 6. The molecule has 1 aromatic carbocycles. The van der Waals surface area contributed by atoms with Gasteiger partial charge in [0.2, 0.25) is 5.95 Å². The quantitative estimate of drug-likeness (QED) is 0.383. The van der Waals surface area contributed by atoms with Gasteiger partial charge in [0.05, 0.1) is 24.6 Å². The first-order chi connectivity index (χ1) is 16.6. The van der Waals surface area contributed by atoms with Gasteiger partial charge >= 0.3 is 5.97 Å². The Bertz CT molecular complexity index is 1350. The lowest BCUT2D eigenvalue weighted by molar-refractivity contribution is 0.0697. The van der Waals surface area contributed by atoms with Gasteiger partial charge in [-0.1, -0.05) is 31.4 Å². The number of hydrogen-bond donors (Lipinski definition) is 2. The van der Waals surface area contributed by atoms with E-state index in [0.717, 1.165) is 5.75 Å². The average molecular weight is 463 g/mol. The van der Waals surface area contributed by atoms with Crippen molar-refractivity contribution in [1.82, 2.24) is 29.5 Å². The summed E-state index contributed by atoms with van der Waals surface area (Å²) in [6.45, 7) is 0.998. The van der Waals surface area contributed by atoms with Crippen LogP contribution < -0.4 is 10.3 Å². The summed E-state index contributed by atoms with van der Waals surface area (Å²) in [6, 6.07) is 8.42. The van der Waals surface area contributed by atoms with E-state index in [1.54, 1.807) is 4.68 Å². The van der Waals surface area contributed by atoms with Crippen LogP contribution in [0.5, 0.6) is 5.75 Å². The zero-order valence-corrected chi connectivity index (χ0v) is 18.7. The SMILES string of the molecule is O=C(O)c1cnn(-c2nc3cnn(CCCOc4ccc(C5CCCCC5)cc4)c3c(=O)[nH]2)c1. The van der Waals surface area contributed by atoms with Crippen molar-refractivity contribution in [2.24, 2.45) is 0 Å². The summed E-state index contributed by atoms with van der Waals surface area (Å²) in [6.07, 6.45) is 11.2. The first-order valence-corrected chi connectivity index (χ1v) is 11.6. The predicted molar refractivity (Wildman–Crippen MR) is 125 cm³/mol. The summed E-state index contributed by atoms with van der Waals surface area (Å²) >= 11 is 0. The molecular formula is C24H26N6O4. The Morgan fingerprint density at radius 3 is 2.65 bits per heavy atom. The molecule has 4 aromatic rings. The molecule has 0 amide bonds.